The van der Waals surface area contributed by atoms with Crippen molar-refractivity contribution < 1.29 is 31.9 Å². The number of hydrogen-bond donors (Lipinski definition) is 2. The van der Waals surface area contributed by atoms with Gasteiger partial charge in [0, 0.05) is 61.8 Å². The standard InChI is InChI=1S/C30H29F4N7O3/c1-17-13-18(3-4-19(17)28(42)39-9-11-40(12-10-39)29(43)21-14-30(33,34)16-37-21)38-26-27-36-15-22(41(27)8-7-35-26)20-5-6-23(44-2)25(32)24(20)31/h3-8,13,15,21,37H,9-12,14,16H2,1-2H3,(H,35,38)/t21-/m0/s1. The second kappa shape index (κ2) is 11.4. The summed E-state index contributed by atoms with van der Waals surface area (Å²) in [6, 6.07) is 7.05. The number of fused-ring (bicyclic) bond motifs is 1. The van der Waals surface area contributed by atoms with Gasteiger partial charge >= 0.3 is 0 Å². The van der Waals surface area contributed by atoms with E-state index in [2.05, 4.69) is 20.6 Å². The summed E-state index contributed by atoms with van der Waals surface area (Å²) in [5.41, 5.74) is 2.51. The molecule has 2 N–H and O–H groups in total. The minimum absolute atomic E-state index is 0.00797. The normalized spacial score (nSPS) is 18.1. The molecule has 0 saturated carbocycles. The first-order chi connectivity index (χ1) is 21.1. The van der Waals surface area contributed by atoms with Crippen molar-refractivity contribution in [3.05, 3.63) is 71.7 Å². The van der Waals surface area contributed by atoms with Gasteiger partial charge in [-0.3, -0.25) is 19.3 Å². The van der Waals surface area contributed by atoms with Crippen molar-refractivity contribution in [1.82, 2.24) is 29.5 Å². The van der Waals surface area contributed by atoms with Crippen LogP contribution in [0.4, 0.5) is 29.1 Å². The molecule has 4 aromatic rings. The lowest BCUT2D eigenvalue weighted by atomic mass is 10.1. The van der Waals surface area contributed by atoms with Gasteiger partial charge in [0.2, 0.25) is 11.7 Å². The zero-order chi connectivity index (χ0) is 31.2. The molecule has 2 aromatic carbocycles. The van der Waals surface area contributed by atoms with Gasteiger partial charge in [-0.15, -0.1) is 0 Å². The van der Waals surface area contributed by atoms with Crippen LogP contribution in [0.1, 0.15) is 22.3 Å². The maximum Gasteiger partial charge on any atom is 0.262 e. The predicted octanol–water partition coefficient (Wildman–Crippen LogP) is 4.02. The third-order valence-corrected chi connectivity index (χ3v) is 7.98. The second-order valence-electron chi connectivity index (χ2n) is 10.8. The number of nitrogens with zero attached hydrogens (tertiary/aromatic N) is 5. The first-order valence-corrected chi connectivity index (χ1v) is 14.0. The van der Waals surface area contributed by atoms with E-state index in [4.69, 9.17) is 4.74 Å². The maximum absolute atomic E-state index is 14.8. The molecule has 1 atom stereocenters. The molecule has 2 aliphatic heterocycles. The molecule has 230 valence electrons. The van der Waals surface area contributed by atoms with Crippen molar-refractivity contribution in [2.45, 2.75) is 25.3 Å². The molecule has 2 amide bonds. The van der Waals surface area contributed by atoms with E-state index in [0.29, 0.717) is 47.1 Å². The Hall–Kier alpha value is -4.72. The molecule has 0 spiro atoms. The Morgan fingerprint density at radius 1 is 1.05 bits per heavy atom. The average Bonchev–Trinajstić information content (AvgIpc) is 3.61. The number of rotatable bonds is 6. The Balaban J connectivity index is 1.14. The number of alkyl halides is 2. The fourth-order valence-corrected chi connectivity index (χ4v) is 5.62. The lowest BCUT2D eigenvalue weighted by Crippen LogP contribution is -2.54. The summed E-state index contributed by atoms with van der Waals surface area (Å²) in [5, 5.41) is 5.77. The first kappa shape index (κ1) is 29.4. The molecule has 0 bridgehead atoms. The number of carbonyl (C=O) groups excluding carboxylic acids is 2. The zero-order valence-electron chi connectivity index (χ0n) is 23.9. The highest BCUT2D eigenvalue weighted by atomic mass is 19.3. The van der Waals surface area contributed by atoms with Crippen LogP contribution in [-0.4, -0.2) is 87.8 Å². The van der Waals surface area contributed by atoms with E-state index >= 15 is 0 Å². The van der Waals surface area contributed by atoms with Gasteiger partial charge in [-0.05, 0) is 42.8 Å². The summed E-state index contributed by atoms with van der Waals surface area (Å²) >= 11 is 0. The zero-order valence-corrected chi connectivity index (χ0v) is 23.9. The van der Waals surface area contributed by atoms with Gasteiger partial charge in [0.05, 0.1) is 31.6 Å². The number of halogens is 4. The van der Waals surface area contributed by atoms with Gasteiger partial charge in [-0.25, -0.2) is 23.1 Å². The van der Waals surface area contributed by atoms with Gasteiger partial charge in [-0.1, -0.05) is 0 Å². The molecule has 0 unspecified atom stereocenters. The summed E-state index contributed by atoms with van der Waals surface area (Å²) in [6.45, 7) is 2.40. The number of benzene rings is 2. The molecule has 2 saturated heterocycles. The minimum Gasteiger partial charge on any atom is -0.494 e. The molecule has 2 aliphatic rings. The van der Waals surface area contributed by atoms with Gasteiger partial charge in [0.25, 0.3) is 11.8 Å². The summed E-state index contributed by atoms with van der Waals surface area (Å²) in [7, 11) is 1.26. The molecular weight excluding hydrogens is 582 g/mol. The van der Waals surface area contributed by atoms with Crippen molar-refractivity contribution in [3.63, 3.8) is 0 Å². The highest BCUT2D eigenvalue weighted by Crippen LogP contribution is 2.32. The number of ether oxygens (including phenoxy) is 1. The molecule has 0 radical (unpaired) electrons. The van der Waals surface area contributed by atoms with Crippen molar-refractivity contribution >= 4 is 29.0 Å². The number of methoxy groups -OCH3 is 1. The topological polar surface area (TPSA) is 104 Å². The first-order valence-electron chi connectivity index (χ1n) is 14.0. The highest BCUT2D eigenvalue weighted by molar-refractivity contribution is 5.96. The lowest BCUT2D eigenvalue weighted by molar-refractivity contribution is -0.135. The molecule has 2 aromatic heterocycles. The number of aromatic nitrogens is 3. The van der Waals surface area contributed by atoms with Crippen molar-refractivity contribution in [2.75, 3.05) is 45.2 Å². The van der Waals surface area contributed by atoms with E-state index in [-0.39, 0.29) is 36.2 Å². The van der Waals surface area contributed by atoms with E-state index < -0.39 is 36.6 Å². The van der Waals surface area contributed by atoms with Crippen LogP contribution in [0, 0.1) is 18.6 Å². The van der Waals surface area contributed by atoms with E-state index in [1.54, 1.807) is 40.6 Å². The number of amides is 2. The average molecular weight is 612 g/mol. The third-order valence-electron chi connectivity index (χ3n) is 7.98. The van der Waals surface area contributed by atoms with E-state index in [1.165, 1.54) is 36.5 Å². The Morgan fingerprint density at radius 3 is 2.48 bits per heavy atom. The van der Waals surface area contributed by atoms with Gasteiger partial charge < -0.3 is 19.9 Å². The predicted molar refractivity (Wildman–Crippen MR) is 153 cm³/mol. The fraction of sp³-hybridized carbons (Fsp3) is 0.333. The van der Waals surface area contributed by atoms with Crippen LogP contribution in [0.3, 0.4) is 0 Å². The maximum atomic E-state index is 14.8. The third kappa shape index (κ3) is 5.41. The number of nitrogens with one attached hydrogen (secondary N) is 2. The highest BCUT2D eigenvalue weighted by Gasteiger charge is 2.44. The smallest absolute Gasteiger partial charge is 0.262 e. The second-order valence-corrected chi connectivity index (χ2v) is 10.8. The summed E-state index contributed by atoms with van der Waals surface area (Å²) < 4.78 is 62.7. The van der Waals surface area contributed by atoms with Crippen LogP contribution in [-0.2, 0) is 4.79 Å². The Labute approximate surface area is 249 Å². The van der Waals surface area contributed by atoms with E-state index in [0.717, 1.165) is 0 Å². The number of aryl methyl sites for hydroxylation is 1. The Kier molecular flexibility index (Phi) is 7.61. The van der Waals surface area contributed by atoms with E-state index in [1.807, 2.05) is 0 Å². The summed E-state index contributed by atoms with van der Waals surface area (Å²) in [6.07, 6.45) is 4.00. The molecular formula is C30H29F4N7O3. The quantitative estimate of drug-likeness (QED) is 0.318. The number of hydrogen-bond acceptors (Lipinski definition) is 7. The van der Waals surface area contributed by atoms with Gasteiger partial charge in [-0.2, -0.15) is 4.39 Å². The summed E-state index contributed by atoms with van der Waals surface area (Å²) in [4.78, 5) is 37.9. The fourth-order valence-electron chi connectivity index (χ4n) is 5.62. The summed E-state index contributed by atoms with van der Waals surface area (Å²) in [5.74, 6) is -5.45. The van der Waals surface area contributed by atoms with E-state index in [9.17, 15) is 27.2 Å². The van der Waals surface area contributed by atoms with Crippen LogP contribution >= 0.6 is 0 Å². The van der Waals surface area contributed by atoms with Crippen LogP contribution in [0.25, 0.3) is 16.9 Å². The molecule has 0 aliphatic carbocycles. The molecule has 10 nitrogen and oxygen atoms in total. The van der Waals surface area contributed by atoms with Crippen LogP contribution in [0.5, 0.6) is 5.75 Å². The largest absolute Gasteiger partial charge is 0.494 e. The number of imidazole rings is 1. The SMILES string of the molecule is COc1ccc(-c2cnc3c(Nc4ccc(C(=O)N5CCN(C(=O)[C@@H]6CC(F)(F)CN6)CC5)c(C)c4)nccn23)c(F)c1F. The number of anilines is 2. The Bertz CT molecular complexity index is 1750. The number of carbonyl (C=O) groups is 2. The van der Waals surface area contributed by atoms with Crippen molar-refractivity contribution in [2.24, 2.45) is 0 Å². The molecule has 6 rings (SSSR count). The molecule has 14 heteroatoms. The van der Waals surface area contributed by atoms with Crippen molar-refractivity contribution in [1.29, 1.82) is 0 Å². The molecule has 4 heterocycles. The van der Waals surface area contributed by atoms with Crippen LogP contribution in [0.2, 0.25) is 0 Å². The molecule has 2 fully saturated rings. The monoisotopic (exact) mass is 611 g/mol. The van der Waals surface area contributed by atoms with Crippen LogP contribution in [0.15, 0.2) is 48.9 Å². The van der Waals surface area contributed by atoms with Crippen LogP contribution < -0.4 is 15.4 Å². The minimum atomic E-state index is -2.89. The van der Waals surface area contributed by atoms with Gasteiger partial charge in [0.15, 0.2) is 23.0 Å². The Morgan fingerprint density at radius 2 is 1.80 bits per heavy atom. The lowest BCUT2D eigenvalue weighted by Gasteiger charge is -2.36. The molecule has 44 heavy (non-hydrogen) atoms. The van der Waals surface area contributed by atoms with Crippen molar-refractivity contribution in [3.8, 4) is 17.0 Å². The van der Waals surface area contributed by atoms with Gasteiger partial charge in [0.1, 0.15) is 0 Å². The number of piperazine rings is 1.